The van der Waals surface area contributed by atoms with Crippen molar-refractivity contribution >= 4 is 17.6 Å². The maximum Gasteiger partial charge on any atom is 0.342 e. The van der Waals surface area contributed by atoms with Gasteiger partial charge in [-0.3, -0.25) is 5.10 Å². The number of ether oxygens (including phenoxy) is 1. The van der Waals surface area contributed by atoms with Crippen molar-refractivity contribution < 1.29 is 9.53 Å². The van der Waals surface area contributed by atoms with Crippen LogP contribution in [0.25, 0.3) is 0 Å². The van der Waals surface area contributed by atoms with Gasteiger partial charge in [-0.15, -0.1) is 0 Å². The van der Waals surface area contributed by atoms with Gasteiger partial charge in [0, 0.05) is 0 Å². The summed E-state index contributed by atoms with van der Waals surface area (Å²) in [6.45, 7) is 6.66. The molecule has 0 atom stereocenters. The molecule has 0 spiro atoms. The SMILES string of the molecule is CC(C)(C)CCOC(=O)c1cn[nH]c1Cl. The van der Waals surface area contributed by atoms with E-state index in [9.17, 15) is 4.79 Å². The van der Waals surface area contributed by atoms with Crippen molar-refractivity contribution in [3.8, 4) is 0 Å². The molecule has 1 N–H and O–H groups in total. The van der Waals surface area contributed by atoms with E-state index in [4.69, 9.17) is 16.3 Å². The van der Waals surface area contributed by atoms with E-state index in [0.717, 1.165) is 6.42 Å². The van der Waals surface area contributed by atoms with E-state index in [0.29, 0.717) is 6.61 Å². The topological polar surface area (TPSA) is 55.0 Å². The number of aromatic amines is 1. The van der Waals surface area contributed by atoms with E-state index in [1.807, 2.05) is 0 Å². The fourth-order valence-electron chi connectivity index (χ4n) is 0.940. The van der Waals surface area contributed by atoms with Gasteiger partial charge in [-0.2, -0.15) is 5.10 Å². The molecule has 0 unspecified atom stereocenters. The van der Waals surface area contributed by atoms with Gasteiger partial charge in [0.25, 0.3) is 0 Å². The lowest BCUT2D eigenvalue weighted by Gasteiger charge is -2.17. The van der Waals surface area contributed by atoms with Crippen LogP contribution in [0.3, 0.4) is 0 Å². The minimum Gasteiger partial charge on any atom is -0.462 e. The molecule has 1 aromatic heterocycles. The summed E-state index contributed by atoms with van der Waals surface area (Å²) in [4.78, 5) is 11.4. The number of esters is 1. The number of hydrogen-bond donors (Lipinski definition) is 1. The van der Waals surface area contributed by atoms with Crippen molar-refractivity contribution in [2.45, 2.75) is 27.2 Å². The molecule has 0 saturated heterocycles. The first-order valence-corrected chi connectivity index (χ1v) is 5.14. The third kappa shape index (κ3) is 3.91. The molecule has 0 amide bonds. The molecule has 0 radical (unpaired) electrons. The molecule has 4 nitrogen and oxygen atoms in total. The second-order valence-corrected chi connectivity index (χ2v) is 4.92. The molecule has 0 aliphatic rings. The molecular weight excluding hydrogens is 216 g/mol. The zero-order chi connectivity index (χ0) is 11.5. The Morgan fingerprint density at radius 2 is 2.27 bits per heavy atom. The van der Waals surface area contributed by atoms with Crippen LogP contribution in [0.2, 0.25) is 5.15 Å². The Kier molecular flexibility index (Phi) is 3.74. The fourth-order valence-corrected chi connectivity index (χ4v) is 1.12. The molecule has 0 aliphatic heterocycles. The van der Waals surface area contributed by atoms with Gasteiger partial charge in [-0.1, -0.05) is 32.4 Å². The van der Waals surface area contributed by atoms with Gasteiger partial charge in [0.2, 0.25) is 0 Å². The highest BCUT2D eigenvalue weighted by atomic mass is 35.5. The number of aromatic nitrogens is 2. The van der Waals surface area contributed by atoms with Crippen molar-refractivity contribution in [3.05, 3.63) is 16.9 Å². The number of hydrogen-bond acceptors (Lipinski definition) is 3. The normalized spacial score (nSPS) is 11.5. The highest BCUT2D eigenvalue weighted by Crippen LogP contribution is 2.19. The molecule has 0 aliphatic carbocycles. The lowest BCUT2D eigenvalue weighted by atomic mass is 9.93. The van der Waals surface area contributed by atoms with E-state index in [1.54, 1.807) is 0 Å². The summed E-state index contributed by atoms with van der Waals surface area (Å²) < 4.78 is 5.06. The van der Waals surface area contributed by atoms with E-state index in [1.165, 1.54) is 6.20 Å². The lowest BCUT2D eigenvalue weighted by Crippen LogP contribution is -2.13. The average molecular weight is 231 g/mol. The minimum atomic E-state index is -0.432. The number of nitrogens with one attached hydrogen (secondary N) is 1. The van der Waals surface area contributed by atoms with Gasteiger partial charge in [0.15, 0.2) is 0 Å². The van der Waals surface area contributed by atoms with Crippen LogP contribution in [0, 0.1) is 5.41 Å². The first-order valence-electron chi connectivity index (χ1n) is 4.76. The summed E-state index contributed by atoms with van der Waals surface area (Å²) in [5.74, 6) is -0.432. The van der Waals surface area contributed by atoms with Crippen LogP contribution in [-0.2, 0) is 4.74 Å². The van der Waals surface area contributed by atoms with Crippen LogP contribution in [0.15, 0.2) is 6.20 Å². The van der Waals surface area contributed by atoms with Gasteiger partial charge in [-0.05, 0) is 11.8 Å². The van der Waals surface area contributed by atoms with E-state index in [2.05, 4.69) is 31.0 Å². The van der Waals surface area contributed by atoms with Gasteiger partial charge < -0.3 is 4.74 Å². The Bertz CT molecular complexity index is 341. The van der Waals surface area contributed by atoms with Crippen LogP contribution >= 0.6 is 11.6 Å². The zero-order valence-corrected chi connectivity index (χ0v) is 9.89. The van der Waals surface area contributed by atoms with Gasteiger partial charge in [0.05, 0.1) is 12.8 Å². The molecular formula is C10H15ClN2O2. The molecule has 1 rings (SSSR count). The quantitative estimate of drug-likeness (QED) is 0.813. The van der Waals surface area contributed by atoms with Gasteiger partial charge in [0.1, 0.15) is 10.7 Å². The summed E-state index contributed by atoms with van der Waals surface area (Å²) in [7, 11) is 0. The number of H-pyrrole nitrogens is 1. The van der Waals surface area contributed by atoms with Gasteiger partial charge >= 0.3 is 5.97 Å². The standard InChI is InChI=1S/C10H15ClN2O2/c1-10(2,3)4-5-15-9(14)7-6-12-13-8(7)11/h6H,4-5H2,1-3H3,(H,12,13). The van der Waals surface area contributed by atoms with Crippen LogP contribution in [-0.4, -0.2) is 22.8 Å². The second kappa shape index (κ2) is 4.66. The van der Waals surface area contributed by atoms with E-state index < -0.39 is 5.97 Å². The predicted molar refractivity (Wildman–Crippen MR) is 58.0 cm³/mol. The first-order chi connectivity index (χ1) is 6.90. The van der Waals surface area contributed by atoms with Gasteiger partial charge in [-0.25, -0.2) is 4.79 Å². The zero-order valence-electron chi connectivity index (χ0n) is 9.13. The molecule has 1 heterocycles. The van der Waals surface area contributed by atoms with Crippen LogP contribution in [0.1, 0.15) is 37.6 Å². The van der Waals surface area contributed by atoms with Crippen LogP contribution < -0.4 is 0 Å². The summed E-state index contributed by atoms with van der Waals surface area (Å²) in [6.07, 6.45) is 2.18. The monoisotopic (exact) mass is 230 g/mol. The summed E-state index contributed by atoms with van der Waals surface area (Å²) >= 11 is 5.68. The molecule has 15 heavy (non-hydrogen) atoms. The molecule has 1 aromatic rings. The molecule has 0 aromatic carbocycles. The Labute approximate surface area is 94.0 Å². The first kappa shape index (κ1) is 12.0. The number of rotatable bonds is 3. The van der Waals surface area contributed by atoms with Crippen molar-refractivity contribution in [1.82, 2.24) is 10.2 Å². The Balaban J connectivity index is 2.41. The van der Waals surface area contributed by atoms with Crippen molar-refractivity contribution in [2.75, 3.05) is 6.61 Å². The van der Waals surface area contributed by atoms with E-state index in [-0.39, 0.29) is 16.1 Å². The smallest absolute Gasteiger partial charge is 0.342 e. The largest absolute Gasteiger partial charge is 0.462 e. The minimum absolute atomic E-state index is 0.153. The van der Waals surface area contributed by atoms with Crippen LogP contribution in [0.5, 0.6) is 0 Å². The predicted octanol–water partition coefficient (Wildman–Crippen LogP) is 2.66. The number of nitrogens with zero attached hydrogens (tertiary/aromatic N) is 1. The maximum absolute atomic E-state index is 11.4. The van der Waals surface area contributed by atoms with Crippen LogP contribution in [0.4, 0.5) is 0 Å². The molecule has 84 valence electrons. The number of halogens is 1. The maximum atomic E-state index is 11.4. The van der Waals surface area contributed by atoms with Crippen molar-refractivity contribution in [1.29, 1.82) is 0 Å². The summed E-state index contributed by atoms with van der Waals surface area (Å²) in [6, 6.07) is 0. The van der Waals surface area contributed by atoms with E-state index >= 15 is 0 Å². The number of carbonyl (C=O) groups excluding carboxylic acids is 1. The molecule has 5 heteroatoms. The Morgan fingerprint density at radius 1 is 1.60 bits per heavy atom. The fraction of sp³-hybridized carbons (Fsp3) is 0.600. The molecule has 0 saturated carbocycles. The highest BCUT2D eigenvalue weighted by Gasteiger charge is 2.15. The summed E-state index contributed by atoms with van der Waals surface area (Å²) in [5.41, 5.74) is 0.436. The second-order valence-electron chi connectivity index (χ2n) is 4.54. The van der Waals surface area contributed by atoms with Crippen molar-refractivity contribution in [2.24, 2.45) is 5.41 Å². The third-order valence-electron chi connectivity index (χ3n) is 1.90. The Morgan fingerprint density at radius 3 is 2.73 bits per heavy atom. The third-order valence-corrected chi connectivity index (χ3v) is 2.19. The highest BCUT2D eigenvalue weighted by molar-refractivity contribution is 6.32. The summed E-state index contributed by atoms with van der Waals surface area (Å²) in [5, 5.41) is 6.33. The van der Waals surface area contributed by atoms with Crippen molar-refractivity contribution in [3.63, 3.8) is 0 Å². The number of carbonyl (C=O) groups is 1. The molecule has 0 bridgehead atoms. The molecule has 0 fully saturated rings. The Hall–Kier alpha value is -1.03. The average Bonchev–Trinajstić information content (AvgIpc) is 2.48. The lowest BCUT2D eigenvalue weighted by molar-refractivity contribution is 0.0465.